The van der Waals surface area contributed by atoms with Crippen LogP contribution in [0.4, 0.5) is 9.18 Å². The van der Waals surface area contributed by atoms with Gasteiger partial charge < -0.3 is 4.74 Å². The van der Waals surface area contributed by atoms with E-state index >= 15 is 0 Å². The standard InChI is InChI=1S/C14H14FNO3/c1-14(2,3)19-13(18)16-11-7-5-4-6-9(11)10(8-17)12(16)15/h4-8H,1-3H3. The van der Waals surface area contributed by atoms with Gasteiger partial charge in [0, 0.05) is 5.39 Å². The molecule has 0 atom stereocenters. The van der Waals surface area contributed by atoms with Gasteiger partial charge in [0.05, 0.1) is 11.1 Å². The van der Waals surface area contributed by atoms with Crippen molar-refractivity contribution in [1.29, 1.82) is 0 Å². The van der Waals surface area contributed by atoms with Crippen molar-refractivity contribution in [3.8, 4) is 0 Å². The van der Waals surface area contributed by atoms with Crippen molar-refractivity contribution in [1.82, 2.24) is 4.57 Å². The Hall–Kier alpha value is -2.17. The number of hydrogen-bond acceptors (Lipinski definition) is 3. The number of halogens is 1. The van der Waals surface area contributed by atoms with Crippen molar-refractivity contribution in [3.63, 3.8) is 0 Å². The number of fused-ring (bicyclic) bond motifs is 1. The molecule has 0 aliphatic heterocycles. The molecule has 0 aliphatic carbocycles. The fourth-order valence-corrected chi connectivity index (χ4v) is 1.83. The van der Waals surface area contributed by atoms with E-state index in [0.717, 1.165) is 4.57 Å². The highest BCUT2D eigenvalue weighted by Crippen LogP contribution is 2.24. The van der Waals surface area contributed by atoms with Gasteiger partial charge >= 0.3 is 6.09 Å². The van der Waals surface area contributed by atoms with Crippen molar-refractivity contribution in [2.75, 3.05) is 0 Å². The fourth-order valence-electron chi connectivity index (χ4n) is 1.83. The molecule has 0 saturated heterocycles. The van der Waals surface area contributed by atoms with Gasteiger partial charge in [0.25, 0.3) is 0 Å². The molecular formula is C14H14FNO3. The van der Waals surface area contributed by atoms with Crippen LogP contribution in [0.25, 0.3) is 10.9 Å². The Kier molecular flexibility index (Phi) is 3.14. The van der Waals surface area contributed by atoms with E-state index < -0.39 is 17.6 Å². The van der Waals surface area contributed by atoms with E-state index in [0.29, 0.717) is 17.2 Å². The predicted octanol–water partition coefficient (Wildman–Crippen LogP) is 3.38. The highest BCUT2D eigenvalue weighted by Gasteiger charge is 2.25. The number of benzene rings is 1. The second-order valence-electron chi connectivity index (χ2n) is 5.16. The molecule has 2 aromatic rings. The Morgan fingerprint density at radius 1 is 1.32 bits per heavy atom. The number of carbonyl (C=O) groups is 2. The van der Waals surface area contributed by atoms with Crippen LogP contribution in [0.15, 0.2) is 24.3 Å². The number of nitrogens with zero attached hydrogens (tertiary/aromatic N) is 1. The van der Waals surface area contributed by atoms with E-state index in [2.05, 4.69) is 0 Å². The van der Waals surface area contributed by atoms with E-state index in [-0.39, 0.29) is 5.56 Å². The lowest BCUT2D eigenvalue weighted by Crippen LogP contribution is -2.27. The van der Waals surface area contributed by atoms with E-state index in [4.69, 9.17) is 4.74 Å². The first-order valence-electron chi connectivity index (χ1n) is 5.82. The summed E-state index contributed by atoms with van der Waals surface area (Å²) in [6.45, 7) is 5.07. The molecule has 5 heteroatoms. The Morgan fingerprint density at radius 2 is 1.95 bits per heavy atom. The highest BCUT2D eigenvalue weighted by molar-refractivity contribution is 6.01. The average molecular weight is 263 g/mol. The maximum absolute atomic E-state index is 14.1. The van der Waals surface area contributed by atoms with Gasteiger partial charge in [0.15, 0.2) is 6.29 Å². The summed E-state index contributed by atoms with van der Waals surface area (Å²) in [7, 11) is 0. The van der Waals surface area contributed by atoms with Gasteiger partial charge in [-0.25, -0.2) is 9.36 Å². The summed E-state index contributed by atoms with van der Waals surface area (Å²) in [5, 5.41) is 0.390. The van der Waals surface area contributed by atoms with E-state index in [1.807, 2.05) is 0 Å². The molecule has 0 saturated carbocycles. The van der Waals surface area contributed by atoms with Crippen LogP contribution in [0.2, 0.25) is 0 Å². The van der Waals surface area contributed by atoms with Crippen molar-refractivity contribution >= 4 is 23.3 Å². The third kappa shape index (κ3) is 2.36. The number of carbonyl (C=O) groups excluding carboxylic acids is 2. The Morgan fingerprint density at radius 3 is 2.53 bits per heavy atom. The Bertz CT molecular complexity index is 652. The first-order chi connectivity index (χ1) is 8.85. The van der Waals surface area contributed by atoms with Gasteiger partial charge in [0.2, 0.25) is 5.95 Å². The number of aromatic nitrogens is 1. The molecular weight excluding hydrogens is 249 g/mol. The summed E-state index contributed by atoms with van der Waals surface area (Å²) in [5.41, 5.74) is -0.561. The molecule has 0 fully saturated rings. The smallest absolute Gasteiger partial charge is 0.421 e. The molecule has 4 nitrogen and oxygen atoms in total. The quantitative estimate of drug-likeness (QED) is 0.741. The number of aldehydes is 1. The van der Waals surface area contributed by atoms with Crippen LogP contribution in [0.1, 0.15) is 31.1 Å². The Balaban J connectivity index is 2.63. The first-order valence-corrected chi connectivity index (χ1v) is 5.82. The zero-order chi connectivity index (χ0) is 14.2. The highest BCUT2D eigenvalue weighted by atomic mass is 19.1. The third-order valence-corrected chi connectivity index (χ3v) is 2.55. The topological polar surface area (TPSA) is 48.3 Å². The van der Waals surface area contributed by atoms with Crippen LogP contribution >= 0.6 is 0 Å². The molecule has 1 heterocycles. The molecule has 0 unspecified atom stereocenters. The number of hydrogen-bond donors (Lipinski definition) is 0. The van der Waals surface area contributed by atoms with Gasteiger partial charge in [-0.2, -0.15) is 4.39 Å². The average Bonchev–Trinajstić information content (AvgIpc) is 2.58. The lowest BCUT2D eigenvalue weighted by Gasteiger charge is -2.19. The lowest BCUT2D eigenvalue weighted by atomic mass is 10.2. The zero-order valence-corrected chi connectivity index (χ0v) is 10.9. The Labute approximate surface area is 109 Å². The summed E-state index contributed by atoms with van der Waals surface area (Å²) < 4.78 is 20.1. The molecule has 0 spiro atoms. The minimum Gasteiger partial charge on any atom is -0.443 e. The maximum Gasteiger partial charge on any atom is 0.421 e. The molecule has 1 aromatic carbocycles. The molecule has 0 N–H and O–H groups in total. The third-order valence-electron chi connectivity index (χ3n) is 2.55. The van der Waals surface area contributed by atoms with Gasteiger partial charge in [0.1, 0.15) is 5.60 Å². The normalized spacial score (nSPS) is 11.6. The molecule has 100 valence electrons. The monoisotopic (exact) mass is 263 g/mol. The molecule has 0 bridgehead atoms. The minimum absolute atomic E-state index is 0.138. The molecule has 0 aliphatic rings. The van der Waals surface area contributed by atoms with Crippen LogP contribution in [0.5, 0.6) is 0 Å². The summed E-state index contributed by atoms with van der Waals surface area (Å²) in [6, 6.07) is 6.49. The lowest BCUT2D eigenvalue weighted by molar-refractivity contribution is 0.0527. The van der Waals surface area contributed by atoms with Gasteiger partial charge in [-0.1, -0.05) is 18.2 Å². The van der Waals surface area contributed by atoms with Crippen molar-refractivity contribution in [2.45, 2.75) is 26.4 Å². The van der Waals surface area contributed by atoms with Gasteiger partial charge in [-0.05, 0) is 26.8 Å². The van der Waals surface area contributed by atoms with Crippen LogP contribution in [-0.2, 0) is 4.74 Å². The molecule has 2 rings (SSSR count). The van der Waals surface area contributed by atoms with Gasteiger partial charge in [-0.3, -0.25) is 4.79 Å². The molecule has 19 heavy (non-hydrogen) atoms. The number of rotatable bonds is 1. The maximum atomic E-state index is 14.1. The van der Waals surface area contributed by atoms with Crippen molar-refractivity contribution < 1.29 is 18.7 Å². The van der Waals surface area contributed by atoms with Crippen LogP contribution < -0.4 is 0 Å². The first kappa shape index (κ1) is 13.3. The van der Waals surface area contributed by atoms with E-state index in [1.54, 1.807) is 45.0 Å². The molecule has 0 radical (unpaired) electrons. The molecule has 0 amide bonds. The summed E-state index contributed by atoms with van der Waals surface area (Å²) in [4.78, 5) is 23.0. The largest absolute Gasteiger partial charge is 0.443 e. The predicted molar refractivity (Wildman–Crippen MR) is 68.9 cm³/mol. The molecule has 1 aromatic heterocycles. The van der Waals surface area contributed by atoms with Crippen LogP contribution in [0.3, 0.4) is 0 Å². The van der Waals surface area contributed by atoms with Crippen molar-refractivity contribution in [3.05, 3.63) is 35.8 Å². The van der Waals surface area contributed by atoms with E-state index in [9.17, 15) is 14.0 Å². The van der Waals surface area contributed by atoms with Crippen LogP contribution in [0, 0.1) is 5.95 Å². The van der Waals surface area contributed by atoms with Crippen LogP contribution in [-0.4, -0.2) is 22.5 Å². The van der Waals surface area contributed by atoms with Gasteiger partial charge in [-0.15, -0.1) is 0 Å². The number of ether oxygens (including phenoxy) is 1. The minimum atomic E-state index is -0.898. The van der Waals surface area contributed by atoms with Crippen molar-refractivity contribution in [2.24, 2.45) is 0 Å². The summed E-state index contributed by atoms with van der Waals surface area (Å²) >= 11 is 0. The second kappa shape index (κ2) is 4.50. The summed E-state index contributed by atoms with van der Waals surface area (Å²) in [5.74, 6) is -0.898. The SMILES string of the molecule is CC(C)(C)OC(=O)n1c(F)c(C=O)c2ccccc21. The summed E-state index contributed by atoms with van der Waals surface area (Å²) in [6.07, 6.45) is -0.437. The second-order valence-corrected chi connectivity index (χ2v) is 5.16. The van der Waals surface area contributed by atoms with E-state index in [1.165, 1.54) is 0 Å². The number of para-hydroxylation sites is 1. The zero-order valence-electron chi connectivity index (χ0n) is 10.9. The fraction of sp³-hybridized carbons (Fsp3) is 0.286.